The highest BCUT2D eigenvalue weighted by atomic mass is 16.5. The van der Waals surface area contributed by atoms with Crippen LogP contribution in [-0.2, 0) is 11.3 Å². The molecular weight excluding hydrogens is 256 g/mol. The molecule has 0 aliphatic carbocycles. The molecular formula is C15H24N2O3. The van der Waals surface area contributed by atoms with Crippen LogP contribution in [0.2, 0.25) is 0 Å². The number of carbonyl (C=O) groups excluding carboxylic acids is 1. The minimum atomic E-state index is -0.373. The molecule has 0 aromatic carbocycles. The number of rotatable bonds is 8. The molecule has 1 heterocycles. The van der Waals surface area contributed by atoms with Crippen LogP contribution < -0.4 is 5.32 Å². The van der Waals surface area contributed by atoms with Crippen LogP contribution in [0.4, 0.5) is 0 Å². The first-order valence-corrected chi connectivity index (χ1v) is 6.83. The molecule has 0 radical (unpaired) electrons. The number of aliphatic hydroxyl groups is 1. The monoisotopic (exact) mass is 280 g/mol. The molecule has 112 valence electrons. The Kier molecular flexibility index (Phi) is 6.61. The van der Waals surface area contributed by atoms with E-state index < -0.39 is 0 Å². The van der Waals surface area contributed by atoms with Crippen LogP contribution in [-0.4, -0.2) is 36.3 Å². The van der Waals surface area contributed by atoms with E-state index in [9.17, 15) is 4.79 Å². The highest BCUT2D eigenvalue weighted by Gasteiger charge is 2.16. The first-order chi connectivity index (χ1) is 9.48. The van der Waals surface area contributed by atoms with Crippen LogP contribution in [0.1, 0.15) is 42.7 Å². The van der Waals surface area contributed by atoms with Crippen molar-refractivity contribution in [3.05, 3.63) is 29.6 Å². The smallest absolute Gasteiger partial charge is 0.339 e. The van der Waals surface area contributed by atoms with Gasteiger partial charge >= 0.3 is 5.97 Å². The predicted molar refractivity (Wildman–Crippen MR) is 77.4 cm³/mol. The van der Waals surface area contributed by atoms with E-state index in [4.69, 9.17) is 5.11 Å². The average Bonchev–Trinajstić information content (AvgIpc) is 2.45. The van der Waals surface area contributed by atoms with Gasteiger partial charge in [0, 0.05) is 25.9 Å². The Labute approximate surface area is 120 Å². The van der Waals surface area contributed by atoms with Crippen molar-refractivity contribution in [1.82, 2.24) is 10.3 Å². The summed E-state index contributed by atoms with van der Waals surface area (Å²) in [6, 6.07) is 3.53. The molecule has 0 amide bonds. The van der Waals surface area contributed by atoms with Gasteiger partial charge in [-0.25, -0.2) is 4.79 Å². The molecule has 0 atom stereocenters. The lowest BCUT2D eigenvalue weighted by molar-refractivity contribution is 0.0600. The maximum absolute atomic E-state index is 11.3. The third kappa shape index (κ3) is 5.67. The number of nitrogens with one attached hydrogen (secondary N) is 1. The van der Waals surface area contributed by atoms with Crippen LogP contribution in [0.15, 0.2) is 18.3 Å². The molecule has 0 saturated carbocycles. The summed E-state index contributed by atoms with van der Waals surface area (Å²) in [5.74, 6) is -0.373. The Morgan fingerprint density at radius 2 is 2.20 bits per heavy atom. The minimum absolute atomic E-state index is 0.148. The maximum Gasteiger partial charge on any atom is 0.339 e. The molecule has 0 bridgehead atoms. The third-order valence-electron chi connectivity index (χ3n) is 3.17. The van der Waals surface area contributed by atoms with Crippen molar-refractivity contribution in [2.45, 2.75) is 33.2 Å². The van der Waals surface area contributed by atoms with Gasteiger partial charge in [-0.05, 0) is 30.4 Å². The van der Waals surface area contributed by atoms with Crippen LogP contribution in [0, 0.1) is 5.41 Å². The molecule has 1 aromatic heterocycles. The number of aromatic nitrogens is 1. The average molecular weight is 280 g/mol. The van der Waals surface area contributed by atoms with Crippen molar-refractivity contribution in [1.29, 1.82) is 0 Å². The normalized spacial score (nSPS) is 11.4. The Morgan fingerprint density at radius 3 is 2.75 bits per heavy atom. The largest absolute Gasteiger partial charge is 0.465 e. The molecule has 2 N–H and O–H groups in total. The number of pyridine rings is 1. The van der Waals surface area contributed by atoms with Crippen LogP contribution in [0.3, 0.4) is 0 Å². The van der Waals surface area contributed by atoms with Gasteiger partial charge in [0.25, 0.3) is 0 Å². The summed E-state index contributed by atoms with van der Waals surface area (Å²) < 4.78 is 4.62. The Bertz CT molecular complexity index is 416. The molecule has 0 spiro atoms. The van der Waals surface area contributed by atoms with Crippen molar-refractivity contribution in [2.75, 3.05) is 20.3 Å². The van der Waals surface area contributed by atoms with Crippen molar-refractivity contribution in [2.24, 2.45) is 5.41 Å². The molecule has 5 heteroatoms. The number of ether oxygens (including phenoxy) is 1. The fourth-order valence-electron chi connectivity index (χ4n) is 1.94. The van der Waals surface area contributed by atoms with Gasteiger partial charge in [0.2, 0.25) is 0 Å². The van der Waals surface area contributed by atoms with Gasteiger partial charge in [0.15, 0.2) is 0 Å². The lowest BCUT2D eigenvalue weighted by atomic mass is 9.88. The summed E-state index contributed by atoms with van der Waals surface area (Å²) in [6.07, 6.45) is 3.33. The summed E-state index contributed by atoms with van der Waals surface area (Å²) >= 11 is 0. The summed E-state index contributed by atoms with van der Waals surface area (Å²) in [6.45, 7) is 6.09. The standard InChI is InChI=1S/C15H24N2O3/c1-15(2,7-4-8-18)11-16-10-13-6-5-12(9-17-13)14(19)20-3/h5-6,9,16,18H,4,7-8,10-11H2,1-3H3. The highest BCUT2D eigenvalue weighted by molar-refractivity contribution is 5.88. The number of carbonyl (C=O) groups is 1. The Hall–Kier alpha value is -1.46. The highest BCUT2D eigenvalue weighted by Crippen LogP contribution is 2.20. The van der Waals surface area contributed by atoms with Gasteiger partial charge in [-0.15, -0.1) is 0 Å². The van der Waals surface area contributed by atoms with E-state index in [1.807, 2.05) is 6.07 Å². The quantitative estimate of drug-likeness (QED) is 0.710. The first-order valence-electron chi connectivity index (χ1n) is 6.83. The van der Waals surface area contributed by atoms with Gasteiger partial charge in [-0.3, -0.25) is 4.98 Å². The lowest BCUT2D eigenvalue weighted by Crippen LogP contribution is -2.29. The molecule has 0 aliphatic rings. The van der Waals surface area contributed by atoms with Gasteiger partial charge in [0.1, 0.15) is 0 Å². The molecule has 0 unspecified atom stereocenters. The minimum Gasteiger partial charge on any atom is -0.465 e. The van der Waals surface area contributed by atoms with Gasteiger partial charge in [-0.2, -0.15) is 0 Å². The first kappa shape index (κ1) is 16.6. The summed E-state index contributed by atoms with van der Waals surface area (Å²) in [5.41, 5.74) is 1.49. The second-order valence-corrected chi connectivity index (χ2v) is 5.62. The number of hydrogen-bond donors (Lipinski definition) is 2. The lowest BCUT2D eigenvalue weighted by Gasteiger charge is -2.24. The van der Waals surface area contributed by atoms with Crippen molar-refractivity contribution >= 4 is 5.97 Å². The van der Waals surface area contributed by atoms with E-state index in [1.165, 1.54) is 13.3 Å². The van der Waals surface area contributed by atoms with Crippen molar-refractivity contribution in [3.63, 3.8) is 0 Å². The van der Waals surface area contributed by atoms with Crippen LogP contribution in [0.25, 0.3) is 0 Å². The fraction of sp³-hybridized carbons (Fsp3) is 0.600. The molecule has 1 aromatic rings. The fourth-order valence-corrected chi connectivity index (χ4v) is 1.94. The number of methoxy groups -OCH3 is 1. The van der Waals surface area contributed by atoms with Gasteiger partial charge in [0.05, 0.1) is 18.4 Å². The number of esters is 1. The molecule has 0 aliphatic heterocycles. The summed E-state index contributed by atoms with van der Waals surface area (Å²) in [7, 11) is 1.35. The Morgan fingerprint density at radius 1 is 1.45 bits per heavy atom. The summed E-state index contributed by atoms with van der Waals surface area (Å²) in [5, 5.41) is 12.2. The zero-order valence-corrected chi connectivity index (χ0v) is 12.5. The van der Waals surface area contributed by atoms with E-state index in [1.54, 1.807) is 6.07 Å². The van der Waals surface area contributed by atoms with E-state index in [0.29, 0.717) is 12.1 Å². The number of aliphatic hydroxyl groups excluding tert-OH is 1. The number of hydrogen-bond acceptors (Lipinski definition) is 5. The van der Waals surface area contributed by atoms with Crippen LogP contribution in [0.5, 0.6) is 0 Å². The van der Waals surface area contributed by atoms with E-state index in [0.717, 1.165) is 25.1 Å². The SMILES string of the molecule is COC(=O)c1ccc(CNCC(C)(C)CCCO)nc1. The molecule has 0 saturated heterocycles. The van der Waals surface area contributed by atoms with Gasteiger partial charge < -0.3 is 15.2 Å². The summed E-state index contributed by atoms with van der Waals surface area (Å²) in [4.78, 5) is 15.5. The zero-order valence-electron chi connectivity index (χ0n) is 12.5. The molecule has 20 heavy (non-hydrogen) atoms. The van der Waals surface area contributed by atoms with E-state index >= 15 is 0 Å². The van der Waals surface area contributed by atoms with E-state index in [-0.39, 0.29) is 18.0 Å². The third-order valence-corrected chi connectivity index (χ3v) is 3.17. The molecule has 0 fully saturated rings. The number of nitrogens with zero attached hydrogens (tertiary/aromatic N) is 1. The topological polar surface area (TPSA) is 71.5 Å². The van der Waals surface area contributed by atoms with Gasteiger partial charge in [-0.1, -0.05) is 13.8 Å². The van der Waals surface area contributed by atoms with E-state index in [2.05, 4.69) is 28.9 Å². The Balaban J connectivity index is 2.40. The molecule has 1 rings (SSSR count). The zero-order chi connectivity index (χ0) is 15.0. The van der Waals surface area contributed by atoms with Crippen LogP contribution >= 0.6 is 0 Å². The second kappa shape index (κ2) is 7.97. The van der Waals surface area contributed by atoms with Crippen molar-refractivity contribution in [3.8, 4) is 0 Å². The predicted octanol–water partition coefficient (Wildman–Crippen LogP) is 1.76. The molecule has 5 nitrogen and oxygen atoms in total. The van der Waals surface area contributed by atoms with Crippen molar-refractivity contribution < 1.29 is 14.6 Å². The maximum atomic E-state index is 11.3. The second-order valence-electron chi connectivity index (χ2n) is 5.62.